The van der Waals surface area contributed by atoms with E-state index >= 15 is 0 Å². The number of anilines is 2. The van der Waals surface area contributed by atoms with Crippen molar-refractivity contribution in [2.45, 2.75) is 39.2 Å². The number of amides is 1. The number of alkyl carbamates (subject to hydrolysis) is 1. The van der Waals surface area contributed by atoms with Crippen LogP contribution in [0.25, 0.3) is 10.9 Å². The summed E-state index contributed by atoms with van der Waals surface area (Å²) in [5.74, 6) is 0.467. The number of aromatic nitrogens is 3. The van der Waals surface area contributed by atoms with Crippen LogP contribution in [-0.2, 0) is 11.2 Å². The van der Waals surface area contributed by atoms with Gasteiger partial charge in [-0.3, -0.25) is 0 Å². The lowest BCUT2D eigenvalue weighted by molar-refractivity contribution is 0.0526. The molecule has 0 saturated carbocycles. The molecule has 0 spiro atoms. The molecular weight excluding hydrogens is 452 g/mol. The normalized spacial score (nSPS) is 14.3. The number of benzene rings is 1. The van der Waals surface area contributed by atoms with Crippen LogP contribution in [0.4, 0.5) is 16.6 Å². The fourth-order valence-electron chi connectivity index (χ4n) is 3.83. The van der Waals surface area contributed by atoms with Crippen LogP contribution in [-0.4, -0.2) is 70.4 Å². The molecule has 0 atom stereocenters. The van der Waals surface area contributed by atoms with Crippen molar-refractivity contribution in [3.05, 3.63) is 42.0 Å². The molecule has 3 heterocycles. The number of hydrogen-bond donors (Lipinski definition) is 2. The molecule has 1 amide bonds. The Morgan fingerprint density at radius 3 is 2.49 bits per heavy atom. The van der Waals surface area contributed by atoms with E-state index in [0.717, 1.165) is 23.0 Å². The molecular formula is C24H30N6O5. The van der Waals surface area contributed by atoms with Gasteiger partial charge in [-0.1, -0.05) is 12.1 Å². The van der Waals surface area contributed by atoms with Gasteiger partial charge in [0, 0.05) is 44.5 Å². The summed E-state index contributed by atoms with van der Waals surface area (Å²) in [6, 6.07) is 8.22. The first kappa shape index (κ1) is 24.2. The summed E-state index contributed by atoms with van der Waals surface area (Å²) in [5, 5.41) is 12.8. The molecule has 0 aliphatic carbocycles. The molecule has 1 aliphatic rings. The zero-order valence-electron chi connectivity index (χ0n) is 20.2. The van der Waals surface area contributed by atoms with Gasteiger partial charge in [0.1, 0.15) is 23.5 Å². The first-order valence-electron chi connectivity index (χ1n) is 11.6. The van der Waals surface area contributed by atoms with Crippen LogP contribution in [0.5, 0.6) is 0 Å². The van der Waals surface area contributed by atoms with E-state index in [2.05, 4.69) is 15.2 Å². The maximum Gasteiger partial charge on any atom is 0.407 e. The van der Waals surface area contributed by atoms with Gasteiger partial charge in [0.15, 0.2) is 5.69 Å². The minimum atomic E-state index is -1.11. The van der Waals surface area contributed by atoms with Crippen molar-refractivity contribution in [3.8, 4) is 0 Å². The lowest BCUT2D eigenvalue weighted by Crippen LogP contribution is -2.47. The fourth-order valence-corrected chi connectivity index (χ4v) is 3.83. The number of ether oxygens (including phenoxy) is 1. The summed E-state index contributed by atoms with van der Waals surface area (Å²) in [7, 11) is 0. The maximum absolute atomic E-state index is 11.9. The van der Waals surface area contributed by atoms with E-state index in [1.54, 1.807) is 0 Å². The molecule has 2 N–H and O–H groups in total. The highest BCUT2D eigenvalue weighted by Crippen LogP contribution is 2.26. The van der Waals surface area contributed by atoms with E-state index in [0.29, 0.717) is 57.4 Å². The minimum Gasteiger partial charge on any atom is -0.476 e. The highest BCUT2D eigenvalue weighted by atomic mass is 16.6. The van der Waals surface area contributed by atoms with E-state index in [9.17, 15) is 9.59 Å². The van der Waals surface area contributed by atoms with Gasteiger partial charge in [0.05, 0.1) is 5.52 Å². The molecule has 4 rings (SSSR count). The average molecular weight is 483 g/mol. The summed E-state index contributed by atoms with van der Waals surface area (Å²) in [6.07, 6.45) is 2.02. The third kappa shape index (κ3) is 6.17. The van der Waals surface area contributed by atoms with Gasteiger partial charge in [-0.2, -0.15) is 4.98 Å². The monoisotopic (exact) mass is 482 g/mol. The highest BCUT2D eigenvalue weighted by Gasteiger charge is 2.24. The third-order valence-electron chi connectivity index (χ3n) is 5.44. The number of nitrogens with one attached hydrogen (secondary N) is 1. The van der Waals surface area contributed by atoms with E-state index in [-0.39, 0.29) is 5.69 Å². The molecule has 11 nitrogen and oxygen atoms in total. The maximum atomic E-state index is 11.9. The van der Waals surface area contributed by atoms with Gasteiger partial charge in [0.2, 0.25) is 0 Å². The van der Waals surface area contributed by atoms with Crippen molar-refractivity contribution in [1.29, 1.82) is 0 Å². The molecule has 35 heavy (non-hydrogen) atoms. The molecule has 1 fully saturated rings. The second-order valence-corrected chi connectivity index (χ2v) is 9.31. The summed E-state index contributed by atoms with van der Waals surface area (Å²) >= 11 is 0. The second kappa shape index (κ2) is 10.2. The molecule has 0 radical (unpaired) electrons. The largest absolute Gasteiger partial charge is 0.476 e. The Morgan fingerprint density at radius 1 is 1.09 bits per heavy atom. The van der Waals surface area contributed by atoms with Crippen LogP contribution in [0.15, 0.2) is 34.9 Å². The average Bonchev–Trinajstić information content (AvgIpc) is 3.31. The predicted octanol–water partition coefficient (Wildman–Crippen LogP) is 3.10. The van der Waals surface area contributed by atoms with Gasteiger partial charge in [0.25, 0.3) is 6.01 Å². The van der Waals surface area contributed by atoms with Crippen LogP contribution in [0.2, 0.25) is 0 Å². The Bertz CT molecular complexity index is 1200. The third-order valence-corrected chi connectivity index (χ3v) is 5.44. The lowest BCUT2D eigenvalue weighted by atomic mass is 10.2. The molecule has 186 valence electrons. The Balaban J connectivity index is 1.41. The molecule has 0 bridgehead atoms. The Hall–Kier alpha value is -3.89. The highest BCUT2D eigenvalue weighted by molar-refractivity contribution is 5.89. The Kier molecular flexibility index (Phi) is 7.04. The number of nitrogens with zero attached hydrogens (tertiary/aromatic N) is 5. The number of carboxylic acid groups (broad SMARTS) is 1. The van der Waals surface area contributed by atoms with Crippen molar-refractivity contribution in [2.75, 3.05) is 42.5 Å². The van der Waals surface area contributed by atoms with Crippen molar-refractivity contribution in [3.63, 3.8) is 0 Å². The Labute approximate surface area is 203 Å². The zero-order valence-corrected chi connectivity index (χ0v) is 20.2. The van der Waals surface area contributed by atoms with Crippen LogP contribution < -0.4 is 15.1 Å². The van der Waals surface area contributed by atoms with Gasteiger partial charge in [-0.15, -0.1) is 0 Å². The summed E-state index contributed by atoms with van der Waals surface area (Å²) in [5.41, 5.74) is 0.236. The first-order chi connectivity index (χ1) is 16.7. The quantitative estimate of drug-likeness (QED) is 0.484. The van der Waals surface area contributed by atoms with E-state index in [1.807, 2.05) is 49.9 Å². The van der Waals surface area contributed by atoms with Gasteiger partial charge >= 0.3 is 12.1 Å². The van der Waals surface area contributed by atoms with E-state index < -0.39 is 17.7 Å². The summed E-state index contributed by atoms with van der Waals surface area (Å²) in [6.45, 7) is 8.53. The number of rotatable bonds is 7. The SMILES string of the molecule is CC(C)(C)OC(=O)NCCCc1nc(N2CCN(c3nc(C(=O)O)co3)CC2)c2ccccc2n1. The zero-order chi connectivity index (χ0) is 25.0. The predicted molar refractivity (Wildman–Crippen MR) is 130 cm³/mol. The number of aromatic carboxylic acids is 1. The molecule has 2 aromatic heterocycles. The smallest absolute Gasteiger partial charge is 0.407 e. The van der Waals surface area contributed by atoms with E-state index in [4.69, 9.17) is 24.2 Å². The van der Waals surface area contributed by atoms with E-state index in [1.165, 1.54) is 0 Å². The Morgan fingerprint density at radius 2 is 1.80 bits per heavy atom. The number of fused-ring (bicyclic) bond motifs is 1. The van der Waals surface area contributed by atoms with Crippen LogP contribution in [0, 0.1) is 0 Å². The van der Waals surface area contributed by atoms with Gasteiger partial charge in [-0.25, -0.2) is 19.6 Å². The fraction of sp³-hybridized carbons (Fsp3) is 0.458. The number of piperazine rings is 1. The molecule has 0 unspecified atom stereocenters. The van der Waals surface area contributed by atoms with Crippen LogP contribution in [0.3, 0.4) is 0 Å². The molecule has 1 aromatic carbocycles. The number of oxazole rings is 1. The minimum absolute atomic E-state index is 0.102. The summed E-state index contributed by atoms with van der Waals surface area (Å²) < 4.78 is 10.6. The number of para-hydroxylation sites is 1. The van der Waals surface area contributed by atoms with Crippen molar-refractivity contribution in [2.24, 2.45) is 0 Å². The summed E-state index contributed by atoms with van der Waals surface area (Å²) in [4.78, 5) is 40.7. The van der Waals surface area contributed by atoms with Crippen LogP contribution in [0.1, 0.15) is 43.5 Å². The molecule has 3 aromatic rings. The van der Waals surface area contributed by atoms with Gasteiger partial charge in [-0.05, 0) is 39.3 Å². The standard InChI is InChI=1S/C24H30N6O5/c1-24(2,3)35-23(33)25-10-6-9-19-26-17-8-5-4-7-16(17)20(28-19)29-11-13-30(14-12-29)22-27-18(15-34-22)21(31)32/h4-5,7-8,15H,6,9-14H2,1-3H3,(H,25,33)(H,31,32). The van der Waals surface area contributed by atoms with Gasteiger partial charge < -0.3 is 29.4 Å². The molecule has 1 saturated heterocycles. The number of aryl methyl sites for hydroxylation is 1. The second-order valence-electron chi connectivity index (χ2n) is 9.31. The number of hydrogen-bond acceptors (Lipinski definition) is 9. The van der Waals surface area contributed by atoms with Crippen LogP contribution >= 0.6 is 0 Å². The lowest BCUT2D eigenvalue weighted by Gasteiger charge is -2.35. The molecule has 11 heteroatoms. The first-order valence-corrected chi connectivity index (χ1v) is 11.6. The number of carbonyl (C=O) groups is 2. The van der Waals surface area contributed by atoms with Crippen molar-refractivity contribution < 1.29 is 23.8 Å². The topological polar surface area (TPSA) is 134 Å². The number of carbonyl (C=O) groups excluding carboxylic acids is 1. The number of carboxylic acids is 1. The van der Waals surface area contributed by atoms with Crippen molar-refractivity contribution >= 4 is 34.8 Å². The van der Waals surface area contributed by atoms with Crippen molar-refractivity contribution in [1.82, 2.24) is 20.3 Å². The molecule has 1 aliphatic heterocycles.